The van der Waals surface area contributed by atoms with Crippen molar-refractivity contribution < 1.29 is 0 Å². The summed E-state index contributed by atoms with van der Waals surface area (Å²) in [4.78, 5) is 13.2. The predicted molar refractivity (Wildman–Crippen MR) is 40.4 cm³/mol. The van der Waals surface area contributed by atoms with Crippen LogP contribution < -0.4 is 17.1 Å². The summed E-state index contributed by atoms with van der Waals surface area (Å²) in [7, 11) is 0. The number of aromatic amines is 1. The summed E-state index contributed by atoms with van der Waals surface area (Å²) in [6.45, 7) is 0. The van der Waals surface area contributed by atoms with Crippen molar-refractivity contribution in [1.29, 1.82) is 0 Å². The number of hydrogen-bond donors (Lipinski definition) is 3. The molecule has 0 spiro atoms. The van der Waals surface area contributed by atoms with Gasteiger partial charge in [0.15, 0.2) is 0 Å². The maximum Gasteiger partial charge on any atom is 0.274 e. The molecule has 0 fully saturated rings. The molecule has 0 aliphatic heterocycles. The van der Waals surface area contributed by atoms with E-state index in [1.807, 2.05) is 0 Å². The van der Waals surface area contributed by atoms with Gasteiger partial charge in [0.2, 0.25) is 4.77 Å². The summed E-state index contributed by atoms with van der Waals surface area (Å²) in [5, 5.41) is 0. The quantitative estimate of drug-likeness (QED) is 0.340. The number of aromatic nitrogens is 2. The van der Waals surface area contributed by atoms with Crippen LogP contribution in [0, 0.1) is 4.77 Å². The number of nitrogens with zero attached hydrogens (tertiary/aromatic N) is 1. The van der Waals surface area contributed by atoms with Gasteiger partial charge in [-0.15, -0.1) is 0 Å². The Hall–Kier alpha value is -1.30. The Kier molecular flexibility index (Phi) is 1.46. The lowest BCUT2D eigenvalue weighted by molar-refractivity contribution is 0.873. The van der Waals surface area contributed by atoms with Crippen LogP contribution in [0.25, 0.3) is 0 Å². The Morgan fingerprint density at radius 2 is 2.30 bits per heavy atom. The molecule has 0 atom stereocenters. The van der Waals surface area contributed by atoms with Gasteiger partial charge in [0.1, 0.15) is 5.82 Å². The van der Waals surface area contributed by atoms with E-state index in [1.165, 1.54) is 0 Å². The first-order valence-electron chi connectivity index (χ1n) is 2.48. The molecule has 0 unspecified atom stereocenters. The number of H-pyrrole nitrogens is 1. The molecule has 0 radical (unpaired) electrons. The van der Waals surface area contributed by atoms with E-state index in [2.05, 4.69) is 17.2 Å². The summed E-state index contributed by atoms with van der Waals surface area (Å²) in [5.74, 6) is 5.38. The van der Waals surface area contributed by atoms with E-state index in [0.717, 1.165) is 10.7 Å². The van der Waals surface area contributed by atoms with Crippen LogP contribution in [0.2, 0.25) is 0 Å². The molecule has 0 amide bonds. The van der Waals surface area contributed by atoms with E-state index < -0.39 is 5.56 Å². The van der Waals surface area contributed by atoms with Gasteiger partial charge in [0, 0.05) is 6.07 Å². The third-order valence-corrected chi connectivity index (χ3v) is 1.29. The summed E-state index contributed by atoms with van der Waals surface area (Å²) in [6, 6.07) is 1.16. The van der Waals surface area contributed by atoms with Crippen molar-refractivity contribution in [3.63, 3.8) is 0 Å². The molecular formula is C4H6N4OS. The number of nitrogen functional groups attached to an aromatic ring is 2. The Balaban J connectivity index is 3.62. The first-order chi connectivity index (χ1) is 4.61. The Bertz CT molecular complexity index is 320. The second kappa shape index (κ2) is 2.14. The van der Waals surface area contributed by atoms with Crippen LogP contribution in [0.3, 0.4) is 0 Å². The van der Waals surface area contributed by atoms with Crippen molar-refractivity contribution in [3.8, 4) is 0 Å². The second-order valence-corrected chi connectivity index (χ2v) is 2.12. The van der Waals surface area contributed by atoms with E-state index in [0.29, 0.717) is 0 Å². The fourth-order valence-electron chi connectivity index (χ4n) is 0.522. The second-order valence-electron chi connectivity index (χ2n) is 1.74. The maximum absolute atomic E-state index is 10.7. The zero-order chi connectivity index (χ0) is 7.72. The third-order valence-electron chi connectivity index (χ3n) is 0.986. The van der Waals surface area contributed by atoms with Crippen LogP contribution in [-0.2, 0) is 0 Å². The van der Waals surface area contributed by atoms with Gasteiger partial charge < -0.3 is 16.6 Å². The fourth-order valence-corrected chi connectivity index (χ4v) is 0.730. The first-order valence-corrected chi connectivity index (χ1v) is 2.89. The van der Waals surface area contributed by atoms with Crippen LogP contribution in [0.4, 0.5) is 5.82 Å². The van der Waals surface area contributed by atoms with Crippen molar-refractivity contribution in [2.24, 2.45) is 0 Å². The van der Waals surface area contributed by atoms with Crippen LogP contribution >= 0.6 is 12.2 Å². The van der Waals surface area contributed by atoms with Gasteiger partial charge in [0.25, 0.3) is 5.56 Å². The van der Waals surface area contributed by atoms with Gasteiger partial charge >= 0.3 is 0 Å². The standard InChI is InChI=1S/C4H6N4OS/c5-2-1-3(9)8(6)4(10)7-2/h1H,5-6H2,(H,7,10). The highest BCUT2D eigenvalue weighted by Crippen LogP contribution is 1.86. The molecular weight excluding hydrogens is 152 g/mol. The molecule has 10 heavy (non-hydrogen) atoms. The highest BCUT2D eigenvalue weighted by Gasteiger charge is 1.92. The molecule has 0 aliphatic rings. The van der Waals surface area contributed by atoms with E-state index in [1.54, 1.807) is 0 Å². The lowest BCUT2D eigenvalue weighted by Gasteiger charge is -1.96. The lowest BCUT2D eigenvalue weighted by Crippen LogP contribution is -2.28. The zero-order valence-electron chi connectivity index (χ0n) is 5.00. The highest BCUT2D eigenvalue weighted by atomic mass is 32.1. The topological polar surface area (TPSA) is 89.8 Å². The van der Waals surface area contributed by atoms with Crippen LogP contribution in [0.1, 0.15) is 0 Å². The van der Waals surface area contributed by atoms with Gasteiger partial charge in [-0.3, -0.25) is 4.79 Å². The average molecular weight is 158 g/mol. The van der Waals surface area contributed by atoms with Crippen molar-refractivity contribution in [1.82, 2.24) is 9.66 Å². The van der Waals surface area contributed by atoms with Crippen molar-refractivity contribution >= 4 is 18.0 Å². The average Bonchev–Trinajstić information content (AvgIpc) is 1.82. The predicted octanol–water partition coefficient (Wildman–Crippen LogP) is -0.798. The Morgan fingerprint density at radius 1 is 1.70 bits per heavy atom. The molecule has 1 heterocycles. The van der Waals surface area contributed by atoms with E-state index in [-0.39, 0.29) is 10.6 Å². The Labute approximate surface area is 61.3 Å². The van der Waals surface area contributed by atoms with Gasteiger partial charge in [-0.2, -0.15) is 4.68 Å². The molecule has 0 bridgehead atoms. The molecule has 0 aromatic carbocycles. The molecule has 5 N–H and O–H groups in total. The molecule has 6 heteroatoms. The van der Waals surface area contributed by atoms with Gasteiger partial charge in [-0.1, -0.05) is 0 Å². The van der Waals surface area contributed by atoms with E-state index >= 15 is 0 Å². The van der Waals surface area contributed by atoms with Crippen LogP contribution in [0.15, 0.2) is 10.9 Å². The van der Waals surface area contributed by atoms with E-state index in [4.69, 9.17) is 11.6 Å². The molecule has 54 valence electrons. The number of hydrogen-bond acceptors (Lipinski definition) is 4. The minimum absolute atomic E-state index is 0.116. The van der Waals surface area contributed by atoms with Gasteiger partial charge in [-0.25, -0.2) is 0 Å². The van der Waals surface area contributed by atoms with Gasteiger partial charge in [-0.05, 0) is 12.2 Å². The zero-order valence-corrected chi connectivity index (χ0v) is 5.81. The van der Waals surface area contributed by atoms with Crippen molar-refractivity contribution in [2.45, 2.75) is 0 Å². The smallest absolute Gasteiger partial charge is 0.274 e. The van der Waals surface area contributed by atoms with Crippen molar-refractivity contribution in [3.05, 3.63) is 21.2 Å². The third kappa shape index (κ3) is 1.01. The van der Waals surface area contributed by atoms with Crippen LogP contribution in [-0.4, -0.2) is 9.66 Å². The molecule has 0 saturated carbocycles. The summed E-state index contributed by atoms with van der Waals surface area (Å²) < 4.78 is 0.927. The lowest BCUT2D eigenvalue weighted by atomic mass is 10.6. The number of rotatable bonds is 0. The van der Waals surface area contributed by atoms with E-state index in [9.17, 15) is 4.79 Å². The monoisotopic (exact) mass is 158 g/mol. The minimum Gasteiger partial charge on any atom is -0.385 e. The summed E-state index contributed by atoms with van der Waals surface area (Å²) in [6.07, 6.45) is 0. The normalized spacial score (nSPS) is 9.60. The molecule has 1 aromatic rings. The Morgan fingerprint density at radius 3 is 2.80 bits per heavy atom. The SMILES string of the molecule is Nc1cc(=O)n(N)c(=S)[nH]1. The molecule has 0 saturated heterocycles. The summed E-state index contributed by atoms with van der Waals surface area (Å²) >= 11 is 4.63. The van der Waals surface area contributed by atoms with Crippen molar-refractivity contribution in [2.75, 3.05) is 11.6 Å². The molecule has 1 aromatic heterocycles. The highest BCUT2D eigenvalue weighted by molar-refractivity contribution is 7.71. The fraction of sp³-hybridized carbons (Fsp3) is 0. The number of nitrogens with one attached hydrogen (secondary N) is 1. The minimum atomic E-state index is -0.416. The first kappa shape index (κ1) is 6.81. The molecule has 5 nitrogen and oxygen atoms in total. The molecule has 0 aliphatic carbocycles. The maximum atomic E-state index is 10.7. The largest absolute Gasteiger partial charge is 0.385 e. The number of anilines is 1. The summed E-state index contributed by atoms with van der Waals surface area (Å²) in [5.41, 5.74) is 4.82. The van der Waals surface area contributed by atoms with Gasteiger partial charge in [0.05, 0.1) is 0 Å². The molecule has 1 rings (SSSR count). The van der Waals surface area contributed by atoms with Crippen LogP contribution in [0.5, 0.6) is 0 Å². The number of nitrogens with two attached hydrogens (primary N) is 2.